The Morgan fingerprint density at radius 1 is 1.11 bits per heavy atom. The van der Waals surface area contributed by atoms with Gasteiger partial charge >= 0.3 is 0 Å². The van der Waals surface area contributed by atoms with Crippen molar-refractivity contribution in [2.24, 2.45) is 18.9 Å². The van der Waals surface area contributed by atoms with Crippen LogP contribution in [0.5, 0.6) is 5.88 Å². The van der Waals surface area contributed by atoms with E-state index in [-0.39, 0.29) is 5.91 Å². The highest BCUT2D eigenvalue weighted by Gasteiger charge is 2.42. The summed E-state index contributed by atoms with van der Waals surface area (Å²) in [5.74, 6) is 2.33. The fraction of sp³-hybridized carbons (Fsp3) is 0.381. The van der Waals surface area contributed by atoms with Crippen molar-refractivity contribution in [3.05, 3.63) is 48.3 Å². The average molecular weight is 377 g/mol. The first-order valence-electron chi connectivity index (χ1n) is 9.59. The Hall–Kier alpha value is -3.09. The second kappa shape index (κ2) is 6.51. The van der Waals surface area contributed by atoms with E-state index < -0.39 is 0 Å². The molecule has 0 spiro atoms. The second-order valence-electron chi connectivity index (χ2n) is 7.71. The quantitative estimate of drug-likeness (QED) is 0.700. The van der Waals surface area contributed by atoms with Crippen LogP contribution in [0.1, 0.15) is 10.4 Å². The van der Waals surface area contributed by atoms with Crippen LogP contribution in [0.25, 0.3) is 10.9 Å². The zero-order valence-electron chi connectivity index (χ0n) is 16.1. The summed E-state index contributed by atoms with van der Waals surface area (Å²) < 4.78 is 7.24. The van der Waals surface area contributed by atoms with Crippen molar-refractivity contribution in [1.82, 2.24) is 19.4 Å². The van der Waals surface area contributed by atoms with Crippen LogP contribution in [0.4, 0.5) is 5.95 Å². The topological polar surface area (TPSA) is 63.5 Å². The minimum atomic E-state index is 0.135. The van der Waals surface area contributed by atoms with E-state index in [0.717, 1.165) is 42.6 Å². The Morgan fingerprint density at radius 2 is 1.86 bits per heavy atom. The zero-order valence-corrected chi connectivity index (χ0v) is 16.1. The predicted molar refractivity (Wildman–Crippen MR) is 107 cm³/mol. The van der Waals surface area contributed by atoms with Crippen molar-refractivity contribution in [3.63, 3.8) is 0 Å². The Morgan fingerprint density at radius 3 is 2.61 bits per heavy atom. The molecular weight excluding hydrogens is 354 g/mol. The number of aromatic nitrogens is 3. The van der Waals surface area contributed by atoms with Gasteiger partial charge in [0.25, 0.3) is 5.91 Å². The maximum absolute atomic E-state index is 13.2. The Balaban J connectivity index is 1.32. The highest BCUT2D eigenvalue weighted by Crippen LogP contribution is 2.34. The van der Waals surface area contributed by atoms with Crippen LogP contribution in [0.3, 0.4) is 0 Å². The lowest BCUT2D eigenvalue weighted by Crippen LogP contribution is -2.33. The van der Waals surface area contributed by atoms with Crippen LogP contribution in [0.15, 0.2) is 42.7 Å². The minimum absolute atomic E-state index is 0.135. The summed E-state index contributed by atoms with van der Waals surface area (Å²) in [5.41, 5.74) is 1.89. The molecule has 2 aliphatic heterocycles. The fourth-order valence-corrected chi connectivity index (χ4v) is 4.60. The summed E-state index contributed by atoms with van der Waals surface area (Å²) in [6, 6.07) is 9.83. The predicted octanol–water partition coefficient (Wildman–Crippen LogP) is 2.19. The maximum Gasteiger partial charge on any atom is 0.256 e. The molecule has 2 aromatic heterocycles. The molecule has 0 radical (unpaired) electrons. The third-order valence-corrected chi connectivity index (χ3v) is 6.01. The first kappa shape index (κ1) is 17.0. The van der Waals surface area contributed by atoms with Crippen LogP contribution < -0.4 is 9.64 Å². The van der Waals surface area contributed by atoms with Gasteiger partial charge in [0.2, 0.25) is 11.8 Å². The van der Waals surface area contributed by atoms with Gasteiger partial charge in [-0.3, -0.25) is 4.79 Å². The molecule has 2 atom stereocenters. The van der Waals surface area contributed by atoms with E-state index in [0.29, 0.717) is 23.7 Å². The van der Waals surface area contributed by atoms with Gasteiger partial charge in [0.15, 0.2) is 0 Å². The number of aryl methyl sites for hydroxylation is 1. The molecule has 28 heavy (non-hydrogen) atoms. The van der Waals surface area contributed by atoms with E-state index >= 15 is 0 Å². The normalized spacial score (nSPS) is 21.4. The summed E-state index contributed by atoms with van der Waals surface area (Å²) in [7, 11) is 3.60. The van der Waals surface area contributed by atoms with Gasteiger partial charge in [0.05, 0.1) is 12.7 Å². The molecule has 2 aliphatic rings. The van der Waals surface area contributed by atoms with Crippen molar-refractivity contribution in [3.8, 4) is 5.88 Å². The van der Waals surface area contributed by atoms with E-state index in [9.17, 15) is 4.79 Å². The fourth-order valence-electron chi connectivity index (χ4n) is 4.60. The van der Waals surface area contributed by atoms with Gasteiger partial charge in [-0.15, -0.1) is 0 Å². The standard InChI is InChI=1S/C21H23N5O2/c1-24-13-17(16-5-3-4-6-18(16)24)20(27)25-9-14-11-26(12-15(14)10-25)21-22-8-7-19(23-21)28-2/h3-8,13-15H,9-12H2,1-2H3. The van der Waals surface area contributed by atoms with Gasteiger partial charge in [-0.2, -0.15) is 4.98 Å². The number of fused-ring (bicyclic) bond motifs is 2. The second-order valence-corrected chi connectivity index (χ2v) is 7.71. The molecule has 3 aromatic rings. The number of hydrogen-bond acceptors (Lipinski definition) is 5. The molecule has 144 valence electrons. The van der Waals surface area contributed by atoms with Crippen molar-refractivity contribution < 1.29 is 9.53 Å². The van der Waals surface area contributed by atoms with Crippen LogP contribution in [-0.4, -0.2) is 58.6 Å². The average Bonchev–Trinajstić information content (AvgIpc) is 3.39. The number of para-hydroxylation sites is 1. The Labute approximate surface area is 163 Å². The van der Waals surface area contributed by atoms with E-state index in [1.807, 2.05) is 40.9 Å². The molecule has 0 bridgehead atoms. The number of anilines is 1. The summed E-state index contributed by atoms with van der Waals surface area (Å²) in [6.45, 7) is 3.31. The lowest BCUT2D eigenvalue weighted by atomic mass is 10.0. The Bertz CT molecular complexity index is 1030. The number of nitrogens with zero attached hydrogens (tertiary/aromatic N) is 5. The van der Waals surface area contributed by atoms with Crippen molar-refractivity contribution in [1.29, 1.82) is 0 Å². The van der Waals surface area contributed by atoms with Gasteiger partial charge in [-0.05, 0) is 6.07 Å². The SMILES string of the molecule is COc1ccnc(N2CC3CN(C(=O)c4cn(C)c5ccccc45)CC3C2)n1. The summed E-state index contributed by atoms with van der Waals surface area (Å²) in [6.07, 6.45) is 3.68. The zero-order chi connectivity index (χ0) is 19.3. The molecule has 0 saturated carbocycles. The third kappa shape index (κ3) is 2.69. The molecule has 0 N–H and O–H groups in total. The molecule has 7 heteroatoms. The van der Waals surface area contributed by atoms with Crippen LogP contribution in [0, 0.1) is 11.8 Å². The molecule has 1 aromatic carbocycles. The van der Waals surface area contributed by atoms with Crippen molar-refractivity contribution in [2.45, 2.75) is 0 Å². The molecule has 2 fully saturated rings. The summed E-state index contributed by atoms with van der Waals surface area (Å²) >= 11 is 0. The first-order valence-corrected chi connectivity index (χ1v) is 9.59. The van der Waals surface area contributed by atoms with Gasteiger partial charge in [-0.1, -0.05) is 18.2 Å². The lowest BCUT2D eigenvalue weighted by Gasteiger charge is -2.21. The van der Waals surface area contributed by atoms with E-state index in [1.54, 1.807) is 19.4 Å². The van der Waals surface area contributed by atoms with Gasteiger partial charge < -0.3 is 19.1 Å². The molecule has 0 aliphatic carbocycles. The smallest absolute Gasteiger partial charge is 0.256 e. The lowest BCUT2D eigenvalue weighted by molar-refractivity contribution is 0.0784. The largest absolute Gasteiger partial charge is 0.481 e. The molecule has 7 nitrogen and oxygen atoms in total. The number of rotatable bonds is 3. The number of methoxy groups -OCH3 is 1. The number of likely N-dealkylation sites (tertiary alicyclic amines) is 1. The molecule has 4 heterocycles. The third-order valence-electron chi connectivity index (χ3n) is 6.01. The number of carbonyl (C=O) groups is 1. The maximum atomic E-state index is 13.2. The van der Waals surface area contributed by atoms with E-state index in [2.05, 4.69) is 20.9 Å². The monoisotopic (exact) mass is 377 g/mol. The van der Waals surface area contributed by atoms with Crippen LogP contribution in [-0.2, 0) is 7.05 Å². The summed E-state index contributed by atoms with van der Waals surface area (Å²) in [4.78, 5) is 26.3. The minimum Gasteiger partial charge on any atom is -0.481 e. The van der Waals surface area contributed by atoms with Crippen molar-refractivity contribution >= 4 is 22.8 Å². The highest BCUT2D eigenvalue weighted by atomic mass is 16.5. The highest BCUT2D eigenvalue weighted by molar-refractivity contribution is 6.07. The molecule has 1 amide bonds. The van der Waals surface area contributed by atoms with Crippen LogP contribution >= 0.6 is 0 Å². The van der Waals surface area contributed by atoms with Crippen molar-refractivity contribution in [2.75, 3.05) is 38.2 Å². The van der Waals surface area contributed by atoms with E-state index in [4.69, 9.17) is 4.74 Å². The Kier molecular flexibility index (Phi) is 3.96. The van der Waals surface area contributed by atoms with Gasteiger partial charge in [-0.25, -0.2) is 4.98 Å². The molecule has 2 unspecified atom stereocenters. The summed E-state index contributed by atoms with van der Waals surface area (Å²) in [5, 5.41) is 1.03. The number of benzene rings is 1. The molecule has 5 rings (SSSR count). The van der Waals surface area contributed by atoms with E-state index in [1.165, 1.54) is 0 Å². The number of carbonyl (C=O) groups excluding carboxylic acids is 1. The number of amides is 1. The van der Waals surface area contributed by atoms with Crippen LogP contribution in [0.2, 0.25) is 0 Å². The molecular formula is C21H23N5O2. The van der Waals surface area contributed by atoms with Gasteiger partial charge in [0.1, 0.15) is 0 Å². The first-order chi connectivity index (χ1) is 13.6. The van der Waals surface area contributed by atoms with Gasteiger partial charge in [0, 0.05) is 74.4 Å². The molecule has 2 saturated heterocycles. The number of hydrogen-bond donors (Lipinski definition) is 0. The number of ether oxygens (including phenoxy) is 1.